The van der Waals surface area contributed by atoms with Gasteiger partial charge in [-0.25, -0.2) is 9.97 Å². The Bertz CT molecular complexity index is 491. The summed E-state index contributed by atoms with van der Waals surface area (Å²) in [5.41, 5.74) is 5.32. The molecule has 0 aromatic carbocycles. The first-order valence-corrected chi connectivity index (χ1v) is 5.62. The van der Waals surface area contributed by atoms with Crippen LogP contribution < -0.4 is 10.6 Å². The van der Waals surface area contributed by atoms with Crippen molar-refractivity contribution in [1.29, 1.82) is 0 Å². The van der Waals surface area contributed by atoms with E-state index in [1.54, 1.807) is 11.8 Å². The van der Waals surface area contributed by atoms with E-state index in [-0.39, 0.29) is 11.7 Å². The number of anilines is 1. The van der Waals surface area contributed by atoms with Gasteiger partial charge in [-0.15, -0.1) is 0 Å². The van der Waals surface area contributed by atoms with Gasteiger partial charge in [-0.1, -0.05) is 0 Å². The minimum absolute atomic E-state index is 0.0791. The van der Waals surface area contributed by atoms with Crippen LogP contribution in [-0.2, 0) is 4.79 Å². The Balaban J connectivity index is 2.34. The SMILES string of the molecule is CC1C(C(=O)O)CCN1c1nccnc1C(N)=O. The van der Waals surface area contributed by atoms with Gasteiger partial charge in [-0.2, -0.15) is 0 Å². The summed E-state index contributed by atoms with van der Waals surface area (Å²) >= 11 is 0. The number of carbonyl (C=O) groups is 2. The summed E-state index contributed by atoms with van der Waals surface area (Å²) < 4.78 is 0. The summed E-state index contributed by atoms with van der Waals surface area (Å²) in [6, 6.07) is -0.239. The second-order valence-corrected chi connectivity index (χ2v) is 4.26. The third-order valence-corrected chi connectivity index (χ3v) is 3.26. The smallest absolute Gasteiger partial charge is 0.308 e. The summed E-state index contributed by atoms with van der Waals surface area (Å²) in [6.45, 7) is 2.32. The Morgan fingerprint density at radius 3 is 2.67 bits per heavy atom. The highest BCUT2D eigenvalue weighted by Gasteiger charge is 2.37. The van der Waals surface area contributed by atoms with Crippen molar-refractivity contribution in [2.24, 2.45) is 11.7 Å². The normalized spacial score (nSPS) is 23.1. The molecule has 7 heteroatoms. The number of nitrogens with zero attached hydrogens (tertiary/aromatic N) is 3. The average Bonchev–Trinajstić information content (AvgIpc) is 2.71. The number of primary amides is 1. The Morgan fingerprint density at radius 1 is 1.44 bits per heavy atom. The standard InChI is InChI=1S/C11H14N4O3/c1-6-7(11(17)18)2-5-15(6)10-8(9(12)16)13-3-4-14-10/h3-4,6-7H,2,5H2,1H3,(H2,12,16)(H,17,18). The number of aromatic nitrogens is 2. The summed E-state index contributed by atoms with van der Waals surface area (Å²) in [5.74, 6) is -1.60. The molecule has 2 atom stereocenters. The number of carboxylic acids is 1. The van der Waals surface area contributed by atoms with Gasteiger partial charge >= 0.3 is 5.97 Å². The second kappa shape index (κ2) is 4.59. The van der Waals surface area contributed by atoms with Crippen molar-refractivity contribution in [3.8, 4) is 0 Å². The number of rotatable bonds is 3. The Morgan fingerprint density at radius 2 is 2.11 bits per heavy atom. The highest BCUT2D eigenvalue weighted by atomic mass is 16.4. The molecule has 96 valence electrons. The van der Waals surface area contributed by atoms with E-state index in [9.17, 15) is 9.59 Å². The van der Waals surface area contributed by atoms with E-state index in [1.807, 2.05) is 0 Å². The van der Waals surface area contributed by atoms with Crippen molar-refractivity contribution in [3.05, 3.63) is 18.1 Å². The number of nitrogens with two attached hydrogens (primary N) is 1. The number of hydrogen-bond donors (Lipinski definition) is 2. The monoisotopic (exact) mass is 250 g/mol. The molecule has 2 unspecified atom stereocenters. The highest BCUT2D eigenvalue weighted by Crippen LogP contribution is 2.29. The topological polar surface area (TPSA) is 109 Å². The van der Waals surface area contributed by atoms with E-state index in [2.05, 4.69) is 9.97 Å². The molecule has 1 aliphatic heterocycles. The van der Waals surface area contributed by atoms with Gasteiger partial charge in [0.2, 0.25) is 0 Å². The molecule has 0 spiro atoms. The molecule has 1 saturated heterocycles. The number of carbonyl (C=O) groups excluding carboxylic acids is 1. The van der Waals surface area contributed by atoms with Crippen molar-refractivity contribution in [2.75, 3.05) is 11.4 Å². The maximum Gasteiger partial charge on any atom is 0.308 e. The quantitative estimate of drug-likeness (QED) is 0.773. The fourth-order valence-electron chi connectivity index (χ4n) is 2.28. The molecule has 0 radical (unpaired) electrons. The van der Waals surface area contributed by atoms with Crippen molar-refractivity contribution in [1.82, 2.24) is 9.97 Å². The minimum atomic E-state index is -0.838. The molecule has 0 saturated carbocycles. The minimum Gasteiger partial charge on any atom is -0.481 e. The first kappa shape index (κ1) is 12.3. The van der Waals surface area contributed by atoms with Gasteiger partial charge in [-0.3, -0.25) is 9.59 Å². The molecule has 1 aromatic heterocycles. The summed E-state index contributed by atoms with van der Waals surface area (Å²) in [5, 5.41) is 9.07. The zero-order chi connectivity index (χ0) is 13.3. The van der Waals surface area contributed by atoms with E-state index in [1.165, 1.54) is 12.4 Å². The van der Waals surface area contributed by atoms with Gasteiger partial charge in [0, 0.05) is 25.0 Å². The Kier molecular flexibility index (Phi) is 3.14. The molecular weight excluding hydrogens is 236 g/mol. The van der Waals surface area contributed by atoms with Gasteiger partial charge in [0.25, 0.3) is 5.91 Å². The lowest BCUT2D eigenvalue weighted by Crippen LogP contribution is -2.35. The van der Waals surface area contributed by atoms with Gasteiger partial charge in [0.05, 0.1) is 5.92 Å². The van der Waals surface area contributed by atoms with Crippen LogP contribution in [-0.4, -0.2) is 39.5 Å². The molecule has 2 rings (SSSR count). The third-order valence-electron chi connectivity index (χ3n) is 3.26. The van der Waals surface area contributed by atoms with Crippen LogP contribution in [0.25, 0.3) is 0 Å². The van der Waals surface area contributed by atoms with Crippen molar-refractivity contribution < 1.29 is 14.7 Å². The van der Waals surface area contributed by atoms with Crippen LogP contribution in [0, 0.1) is 5.92 Å². The molecule has 1 aliphatic rings. The molecule has 7 nitrogen and oxygen atoms in total. The van der Waals surface area contributed by atoms with Crippen LogP contribution in [0.4, 0.5) is 5.82 Å². The molecule has 0 bridgehead atoms. The summed E-state index contributed by atoms with van der Waals surface area (Å²) in [6.07, 6.45) is 3.37. The maximum atomic E-state index is 11.3. The van der Waals surface area contributed by atoms with Crippen LogP contribution in [0.2, 0.25) is 0 Å². The fourth-order valence-corrected chi connectivity index (χ4v) is 2.28. The second-order valence-electron chi connectivity index (χ2n) is 4.26. The summed E-state index contributed by atoms with van der Waals surface area (Å²) in [7, 11) is 0. The molecule has 0 aliphatic carbocycles. The third kappa shape index (κ3) is 1.99. The molecular formula is C11H14N4O3. The zero-order valence-electron chi connectivity index (χ0n) is 9.91. The van der Waals surface area contributed by atoms with Crippen LogP contribution >= 0.6 is 0 Å². The molecule has 2 heterocycles. The van der Waals surface area contributed by atoms with Gasteiger partial charge < -0.3 is 15.7 Å². The molecule has 1 amide bonds. The molecule has 18 heavy (non-hydrogen) atoms. The van der Waals surface area contributed by atoms with E-state index in [0.29, 0.717) is 18.8 Å². The van der Waals surface area contributed by atoms with Crippen LogP contribution in [0.3, 0.4) is 0 Å². The molecule has 1 aromatic rings. The zero-order valence-corrected chi connectivity index (χ0v) is 9.91. The fraction of sp³-hybridized carbons (Fsp3) is 0.455. The van der Waals surface area contributed by atoms with E-state index in [4.69, 9.17) is 10.8 Å². The lowest BCUT2D eigenvalue weighted by molar-refractivity contribution is -0.141. The molecule has 1 fully saturated rings. The average molecular weight is 250 g/mol. The maximum absolute atomic E-state index is 11.3. The lowest BCUT2D eigenvalue weighted by atomic mass is 10.0. The highest BCUT2D eigenvalue weighted by molar-refractivity contribution is 5.95. The van der Waals surface area contributed by atoms with Crippen LogP contribution in [0.1, 0.15) is 23.8 Å². The van der Waals surface area contributed by atoms with Crippen LogP contribution in [0.5, 0.6) is 0 Å². The number of aliphatic carboxylic acids is 1. The Labute approximate surface area is 104 Å². The number of hydrogen-bond acceptors (Lipinski definition) is 5. The van der Waals surface area contributed by atoms with E-state index in [0.717, 1.165) is 0 Å². The van der Waals surface area contributed by atoms with Crippen molar-refractivity contribution in [2.45, 2.75) is 19.4 Å². The van der Waals surface area contributed by atoms with Gasteiger partial charge in [0.1, 0.15) is 0 Å². The van der Waals surface area contributed by atoms with E-state index >= 15 is 0 Å². The van der Waals surface area contributed by atoms with Crippen molar-refractivity contribution in [3.63, 3.8) is 0 Å². The summed E-state index contributed by atoms with van der Waals surface area (Å²) in [4.78, 5) is 32.1. The number of carboxylic acid groups (broad SMARTS) is 1. The van der Waals surface area contributed by atoms with Gasteiger partial charge in [-0.05, 0) is 13.3 Å². The van der Waals surface area contributed by atoms with Gasteiger partial charge in [0.15, 0.2) is 11.5 Å². The first-order chi connectivity index (χ1) is 8.52. The lowest BCUT2D eigenvalue weighted by Gasteiger charge is -2.25. The van der Waals surface area contributed by atoms with E-state index < -0.39 is 17.8 Å². The Hall–Kier alpha value is -2.18. The predicted molar refractivity (Wildman–Crippen MR) is 63.1 cm³/mol. The number of amides is 1. The van der Waals surface area contributed by atoms with Crippen molar-refractivity contribution >= 4 is 17.7 Å². The van der Waals surface area contributed by atoms with Crippen LogP contribution in [0.15, 0.2) is 12.4 Å². The largest absolute Gasteiger partial charge is 0.481 e. The predicted octanol–water partition coefficient (Wildman–Crippen LogP) is -0.125. The first-order valence-electron chi connectivity index (χ1n) is 5.62. The molecule has 3 N–H and O–H groups in total.